The van der Waals surface area contributed by atoms with Crippen LogP contribution in [0.2, 0.25) is 0 Å². The molecule has 1 aromatic rings. The van der Waals surface area contributed by atoms with Gasteiger partial charge in [0, 0.05) is 36.8 Å². The quantitative estimate of drug-likeness (QED) is 0.260. The van der Waals surface area contributed by atoms with Crippen molar-refractivity contribution >= 4 is 12.0 Å². The van der Waals surface area contributed by atoms with Crippen LogP contribution in [0.5, 0.6) is 0 Å². The molecule has 1 N–H and O–H groups in total. The monoisotopic (exact) mass is 578 g/mol. The zero-order valence-corrected chi connectivity index (χ0v) is 24.7. The van der Waals surface area contributed by atoms with Gasteiger partial charge in [-0.15, -0.1) is 0 Å². The Morgan fingerprint density at radius 1 is 1.05 bits per heavy atom. The van der Waals surface area contributed by atoms with Crippen LogP contribution in [0, 0.1) is 23.2 Å². The van der Waals surface area contributed by atoms with Gasteiger partial charge in [-0.3, -0.25) is 0 Å². The van der Waals surface area contributed by atoms with E-state index < -0.39 is 18.2 Å². The normalized spacial score (nSPS) is 39.7. The Balaban J connectivity index is 1.42. The van der Waals surface area contributed by atoms with E-state index in [2.05, 4.69) is 17.6 Å². The minimum atomic E-state index is -0.505. The minimum Gasteiger partial charge on any atom is -0.458 e. The number of carbonyl (C=O) groups is 1. The minimum absolute atomic E-state index is 0.0834. The van der Waals surface area contributed by atoms with Gasteiger partial charge in [0.15, 0.2) is 0 Å². The van der Waals surface area contributed by atoms with Gasteiger partial charge in [-0.05, 0) is 50.7 Å². The summed E-state index contributed by atoms with van der Waals surface area (Å²) >= 11 is 0. The van der Waals surface area contributed by atoms with E-state index in [1.807, 2.05) is 32.9 Å². The van der Waals surface area contributed by atoms with Crippen LogP contribution >= 0.6 is 0 Å². The number of ether oxygens (including phenoxy) is 4. The predicted molar refractivity (Wildman–Crippen MR) is 155 cm³/mol. The molecule has 3 fully saturated rings. The fraction of sp³-hybridized carbons (Fsp3) is 0.606. The molecule has 5 heterocycles. The number of esters is 1. The van der Waals surface area contributed by atoms with E-state index in [0.29, 0.717) is 43.7 Å². The van der Waals surface area contributed by atoms with Crippen LogP contribution in [-0.2, 0) is 23.7 Å². The Labute approximate surface area is 247 Å². The maximum absolute atomic E-state index is 13.0. The summed E-state index contributed by atoms with van der Waals surface area (Å²) in [6.45, 7) is 10.1. The Morgan fingerprint density at radius 3 is 2.64 bits per heavy atom. The van der Waals surface area contributed by atoms with Crippen LogP contribution in [-0.4, -0.2) is 58.8 Å². The van der Waals surface area contributed by atoms with E-state index in [1.54, 1.807) is 12.3 Å². The smallest absolute Gasteiger partial charge is 0.330 e. The maximum Gasteiger partial charge on any atom is 0.330 e. The van der Waals surface area contributed by atoms with Gasteiger partial charge in [-0.2, -0.15) is 5.26 Å². The number of oxazole rings is 1. The van der Waals surface area contributed by atoms with Gasteiger partial charge in [0.05, 0.1) is 42.7 Å². The SMILES string of the molecule is C=C1CC2C/C=C\C(=O)OC3C(C)C(C/C=C/c4nc(co4)C4CC(O)CC(CC(C1)O2)O4)OC(/C(C)=C/C#N)[C@@H]3C. The second kappa shape index (κ2) is 13.5. The van der Waals surface area contributed by atoms with Crippen molar-refractivity contribution in [3.05, 3.63) is 59.9 Å². The molecule has 9 nitrogen and oxygen atoms in total. The third-order valence-corrected chi connectivity index (χ3v) is 8.89. The molecule has 8 bridgehead atoms. The topological polar surface area (TPSA) is 124 Å². The van der Waals surface area contributed by atoms with E-state index >= 15 is 0 Å². The number of nitrogens with zero attached hydrogens (tertiary/aromatic N) is 2. The van der Waals surface area contributed by atoms with E-state index in [-0.39, 0.29) is 48.5 Å². The summed E-state index contributed by atoms with van der Waals surface area (Å²) in [4.78, 5) is 17.6. The molecule has 4 aliphatic rings. The molecule has 1 aromatic heterocycles. The number of aliphatic hydroxyl groups is 1. The van der Waals surface area contributed by atoms with Crippen molar-refractivity contribution in [1.82, 2.24) is 4.98 Å². The zero-order valence-electron chi connectivity index (χ0n) is 24.7. The van der Waals surface area contributed by atoms with E-state index in [0.717, 1.165) is 24.0 Å². The summed E-state index contributed by atoms with van der Waals surface area (Å²) in [7, 11) is 0. The lowest BCUT2D eigenvalue weighted by Crippen LogP contribution is -2.50. The second-order valence-electron chi connectivity index (χ2n) is 12.3. The third-order valence-electron chi connectivity index (χ3n) is 8.89. The summed E-state index contributed by atoms with van der Waals surface area (Å²) in [5.41, 5.74) is 2.55. The Bertz CT molecular complexity index is 1260. The van der Waals surface area contributed by atoms with Gasteiger partial charge >= 0.3 is 5.97 Å². The first kappa shape index (κ1) is 30.4. The number of nitriles is 1. The fourth-order valence-electron chi connectivity index (χ4n) is 6.81. The number of hydrogen-bond donors (Lipinski definition) is 1. The van der Waals surface area contributed by atoms with Gasteiger partial charge in [0.25, 0.3) is 0 Å². The summed E-state index contributed by atoms with van der Waals surface area (Å²) in [6, 6.07) is 2.09. The molecule has 0 saturated carbocycles. The van der Waals surface area contributed by atoms with Crippen LogP contribution in [0.1, 0.15) is 83.4 Å². The van der Waals surface area contributed by atoms with Gasteiger partial charge in [0.2, 0.25) is 5.89 Å². The van der Waals surface area contributed by atoms with E-state index in [9.17, 15) is 15.2 Å². The molecular weight excluding hydrogens is 536 g/mol. The van der Waals surface area contributed by atoms with Gasteiger partial charge < -0.3 is 28.5 Å². The standard InChI is InChI=1S/C33H42N2O7/c1-19-13-24-7-5-10-31(37)42-33-21(3)28(41-32(22(33)4)20(2)11-12-34)8-6-9-30-35-27(18-38-30)29-16-23(36)15-26(40-29)17-25(14-19)39-24/h5-6,9-11,18,21-26,28-29,32-33,36H,1,7-8,13-17H2,2-4H3/b9-6+,10-5-,20-11+/t21?,22-,23?,24?,25?,26?,28?,29?,32?,33?/m0/s1. The van der Waals surface area contributed by atoms with Crippen LogP contribution in [0.3, 0.4) is 0 Å². The number of aliphatic hydroxyl groups excluding tert-OH is 1. The van der Waals surface area contributed by atoms with Crippen molar-refractivity contribution in [1.29, 1.82) is 5.26 Å². The first-order valence-corrected chi connectivity index (χ1v) is 15.1. The second-order valence-corrected chi connectivity index (χ2v) is 12.3. The highest BCUT2D eigenvalue weighted by Crippen LogP contribution is 2.38. The molecule has 0 amide bonds. The number of rotatable bonds is 1. The summed E-state index contributed by atoms with van der Waals surface area (Å²) in [5.74, 6) is -0.204. The Morgan fingerprint density at radius 2 is 1.83 bits per heavy atom. The van der Waals surface area contributed by atoms with E-state index in [4.69, 9.17) is 23.4 Å². The van der Waals surface area contributed by atoms with Crippen molar-refractivity contribution in [2.75, 3.05) is 0 Å². The molecule has 0 radical (unpaired) electrons. The number of carbonyl (C=O) groups excluding carboxylic acids is 1. The first-order valence-electron chi connectivity index (χ1n) is 15.1. The Kier molecular flexibility index (Phi) is 9.79. The summed E-state index contributed by atoms with van der Waals surface area (Å²) < 4.78 is 31.0. The molecule has 5 rings (SSSR count). The molecule has 9 unspecified atom stereocenters. The lowest BCUT2D eigenvalue weighted by Gasteiger charge is -2.44. The fourth-order valence-corrected chi connectivity index (χ4v) is 6.81. The molecule has 0 aliphatic carbocycles. The highest BCUT2D eigenvalue weighted by Gasteiger charge is 2.43. The van der Waals surface area contributed by atoms with Crippen molar-refractivity contribution < 1.29 is 33.3 Å². The summed E-state index contributed by atoms with van der Waals surface area (Å²) in [5, 5.41) is 19.9. The number of fused-ring (bicyclic) bond motifs is 9. The van der Waals surface area contributed by atoms with Crippen LogP contribution in [0.4, 0.5) is 0 Å². The van der Waals surface area contributed by atoms with Crippen LogP contribution < -0.4 is 0 Å². The number of allylic oxidation sites excluding steroid dienone is 1. The van der Waals surface area contributed by atoms with Gasteiger partial charge in [0.1, 0.15) is 24.2 Å². The van der Waals surface area contributed by atoms with Crippen molar-refractivity contribution in [3.8, 4) is 6.07 Å². The van der Waals surface area contributed by atoms with Gasteiger partial charge in [-0.25, -0.2) is 9.78 Å². The van der Waals surface area contributed by atoms with Crippen molar-refractivity contribution in [2.24, 2.45) is 11.8 Å². The predicted octanol–water partition coefficient (Wildman–Crippen LogP) is 5.53. The maximum atomic E-state index is 13.0. The van der Waals surface area contributed by atoms with Crippen molar-refractivity contribution in [2.45, 2.75) is 115 Å². The summed E-state index contributed by atoms with van der Waals surface area (Å²) in [6.07, 6.45) is 12.1. The molecule has 226 valence electrons. The average Bonchev–Trinajstić information content (AvgIpc) is 3.40. The third kappa shape index (κ3) is 7.30. The van der Waals surface area contributed by atoms with Gasteiger partial charge in [-0.1, -0.05) is 38.2 Å². The number of hydrogen-bond acceptors (Lipinski definition) is 9. The van der Waals surface area contributed by atoms with E-state index in [1.165, 1.54) is 12.2 Å². The molecule has 0 aromatic carbocycles. The highest BCUT2D eigenvalue weighted by molar-refractivity contribution is 5.82. The Hall–Kier alpha value is -3.03. The molecule has 42 heavy (non-hydrogen) atoms. The largest absolute Gasteiger partial charge is 0.458 e. The number of aromatic nitrogens is 1. The lowest BCUT2D eigenvalue weighted by atomic mass is 9.79. The highest BCUT2D eigenvalue weighted by atomic mass is 16.6. The molecular formula is C33H42N2O7. The van der Waals surface area contributed by atoms with Crippen LogP contribution in [0.15, 0.2) is 52.7 Å². The van der Waals surface area contributed by atoms with Crippen LogP contribution in [0.25, 0.3) is 6.08 Å². The first-order chi connectivity index (χ1) is 20.2. The zero-order chi connectivity index (χ0) is 29.8. The average molecular weight is 579 g/mol. The molecule has 10 atom stereocenters. The molecule has 4 aliphatic heterocycles. The van der Waals surface area contributed by atoms with Crippen molar-refractivity contribution in [3.63, 3.8) is 0 Å². The molecule has 9 heteroatoms. The molecule has 0 spiro atoms. The molecule has 3 saturated heterocycles. The lowest BCUT2D eigenvalue weighted by molar-refractivity contribution is -0.180.